The van der Waals surface area contributed by atoms with Gasteiger partial charge in [-0.15, -0.1) is 0 Å². The van der Waals surface area contributed by atoms with Crippen LogP contribution in [0.5, 0.6) is 0 Å². The number of hydrogen-bond acceptors (Lipinski definition) is 3. The molecule has 1 aliphatic heterocycles. The Morgan fingerprint density at radius 2 is 2.47 bits per heavy atom. The predicted octanol–water partition coefficient (Wildman–Crippen LogP) is 0.256. The van der Waals surface area contributed by atoms with Gasteiger partial charge >= 0.3 is 0 Å². The zero-order valence-corrected chi connectivity index (χ0v) is 9.69. The Morgan fingerprint density at radius 1 is 1.65 bits per heavy atom. The van der Waals surface area contributed by atoms with Crippen LogP contribution in [-0.4, -0.2) is 28.1 Å². The van der Waals surface area contributed by atoms with Gasteiger partial charge in [0.15, 0.2) is 0 Å². The number of carbonyl (C=O) groups excluding carboxylic acids is 2. The Kier molecular flexibility index (Phi) is 3.41. The molecule has 1 fully saturated rings. The minimum atomic E-state index is -0.398. The summed E-state index contributed by atoms with van der Waals surface area (Å²) in [5.41, 5.74) is 0.917. The first-order valence-electron chi connectivity index (χ1n) is 5.75. The van der Waals surface area contributed by atoms with Crippen molar-refractivity contribution in [3.8, 4) is 0 Å². The molecule has 0 spiro atoms. The summed E-state index contributed by atoms with van der Waals surface area (Å²) < 4.78 is 0. The molecule has 3 N–H and O–H groups in total. The molecule has 92 valence electrons. The van der Waals surface area contributed by atoms with Crippen molar-refractivity contribution in [2.45, 2.75) is 38.3 Å². The number of hydrogen-bond donors (Lipinski definition) is 3. The van der Waals surface area contributed by atoms with Gasteiger partial charge < -0.3 is 10.6 Å². The van der Waals surface area contributed by atoms with Crippen LogP contribution in [0.2, 0.25) is 0 Å². The molecule has 0 bridgehead atoms. The minimum absolute atomic E-state index is 0.0487. The van der Waals surface area contributed by atoms with E-state index in [0.717, 1.165) is 12.0 Å². The molecule has 2 atom stereocenters. The molecule has 6 heteroatoms. The van der Waals surface area contributed by atoms with Gasteiger partial charge in [-0.1, -0.05) is 0 Å². The predicted molar refractivity (Wildman–Crippen MR) is 60.9 cm³/mol. The molecule has 1 unspecified atom stereocenters. The highest BCUT2D eigenvalue weighted by Gasteiger charge is 2.25. The highest BCUT2D eigenvalue weighted by molar-refractivity contribution is 5.88. The average molecular weight is 236 g/mol. The lowest BCUT2D eigenvalue weighted by atomic mass is 10.0. The Labute approximate surface area is 99.2 Å². The van der Waals surface area contributed by atoms with Crippen LogP contribution in [0.4, 0.5) is 0 Å². The molecule has 1 aliphatic rings. The van der Waals surface area contributed by atoms with Crippen LogP contribution in [0.1, 0.15) is 37.8 Å². The molecule has 0 aliphatic carbocycles. The molecule has 1 aromatic heterocycles. The van der Waals surface area contributed by atoms with Crippen LogP contribution >= 0.6 is 0 Å². The van der Waals surface area contributed by atoms with Gasteiger partial charge in [-0.25, -0.2) is 0 Å². The van der Waals surface area contributed by atoms with Crippen LogP contribution in [0.15, 0.2) is 12.4 Å². The van der Waals surface area contributed by atoms with E-state index in [4.69, 9.17) is 0 Å². The number of H-pyrrole nitrogens is 1. The van der Waals surface area contributed by atoms with E-state index in [1.807, 2.05) is 6.92 Å². The monoisotopic (exact) mass is 236 g/mol. The zero-order chi connectivity index (χ0) is 12.3. The third-order valence-corrected chi connectivity index (χ3v) is 2.93. The highest BCUT2D eigenvalue weighted by atomic mass is 16.2. The molecule has 2 rings (SSSR count). The largest absolute Gasteiger partial charge is 0.348 e. The van der Waals surface area contributed by atoms with Crippen molar-refractivity contribution in [1.29, 1.82) is 0 Å². The van der Waals surface area contributed by atoms with Crippen molar-refractivity contribution >= 4 is 11.8 Å². The number of rotatable bonds is 3. The number of nitrogens with one attached hydrogen (secondary N) is 3. The van der Waals surface area contributed by atoms with Crippen molar-refractivity contribution in [3.63, 3.8) is 0 Å². The van der Waals surface area contributed by atoms with Gasteiger partial charge in [0.1, 0.15) is 6.04 Å². The van der Waals surface area contributed by atoms with Crippen molar-refractivity contribution in [2.24, 2.45) is 0 Å². The van der Waals surface area contributed by atoms with Crippen LogP contribution in [0.25, 0.3) is 0 Å². The minimum Gasteiger partial charge on any atom is -0.348 e. The summed E-state index contributed by atoms with van der Waals surface area (Å²) in [6.07, 6.45) is 5.40. The second-order valence-corrected chi connectivity index (χ2v) is 4.27. The molecule has 1 aromatic rings. The summed E-state index contributed by atoms with van der Waals surface area (Å²) in [7, 11) is 0. The van der Waals surface area contributed by atoms with Crippen LogP contribution in [0, 0.1) is 0 Å². The van der Waals surface area contributed by atoms with Crippen molar-refractivity contribution < 1.29 is 9.59 Å². The summed E-state index contributed by atoms with van der Waals surface area (Å²) in [6, 6.07) is -0.509. The SMILES string of the molecule is CC(NC(=O)[C@H]1CCCC(=O)N1)c1cn[nH]c1. The molecular formula is C11H16N4O2. The standard InChI is InChI=1S/C11H16N4O2/c1-7(8-5-12-13-6-8)14-11(17)9-3-2-4-10(16)15-9/h5-7,9H,2-4H2,1H3,(H,12,13)(H,14,17)(H,15,16)/t7?,9-/m1/s1. The summed E-state index contributed by atoms with van der Waals surface area (Å²) in [4.78, 5) is 23.1. The van der Waals surface area contributed by atoms with E-state index in [9.17, 15) is 9.59 Å². The van der Waals surface area contributed by atoms with Crippen LogP contribution in [0.3, 0.4) is 0 Å². The summed E-state index contributed by atoms with van der Waals surface area (Å²) in [5.74, 6) is -0.181. The van der Waals surface area contributed by atoms with E-state index in [-0.39, 0.29) is 17.9 Å². The number of carbonyl (C=O) groups is 2. The van der Waals surface area contributed by atoms with E-state index in [1.54, 1.807) is 12.4 Å². The Bertz CT molecular complexity index is 402. The normalized spacial score (nSPS) is 21.7. The lowest BCUT2D eigenvalue weighted by Crippen LogP contribution is -2.49. The third kappa shape index (κ3) is 2.83. The first-order valence-corrected chi connectivity index (χ1v) is 5.75. The molecule has 0 saturated carbocycles. The highest BCUT2D eigenvalue weighted by Crippen LogP contribution is 2.12. The second kappa shape index (κ2) is 4.99. The number of aromatic amines is 1. The Morgan fingerprint density at radius 3 is 3.12 bits per heavy atom. The van der Waals surface area contributed by atoms with Gasteiger partial charge in [-0.05, 0) is 19.8 Å². The first kappa shape index (κ1) is 11.6. The maximum atomic E-state index is 11.9. The number of amides is 2. The average Bonchev–Trinajstić information content (AvgIpc) is 2.82. The molecular weight excluding hydrogens is 220 g/mol. The van der Waals surface area contributed by atoms with E-state index in [1.165, 1.54) is 0 Å². The van der Waals surface area contributed by atoms with Gasteiger partial charge in [-0.3, -0.25) is 14.7 Å². The first-order chi connectivity index (χ1) is 8.16. The topological polar surface area (TPSA) is 86.9 Å². The number of piperidine rings is 1. The summed E-state index contributed by atoms with van der Waals surface area (Å²) in [5, 5.41) is 12.1. The molecule has 0 aromatic carbocycles. The second-order valence-electron chi connectivity index (χ2n) is 4.27. The molecule has 2 amide bonds. The lowest BCUT2D eigenvalue weighted by Gasteiger charge is -2.24. The fourth-order valence-electron chi connectivity index (χ4n) is 1.90. The lowest BCUT2D eigenvalue weighted by molar-refractivity contribution is -0.131. The molecule has 1 saturated heterocycles. The number of aromatic nitrogens is 2. The maximum Gasteiger partial charge on any atom is 0.243 e. The smallest absolute Gasteiger partial charge is 0.243 e. The van der Waals surface area contributed by atoms with Gasteiger partial charge in [0, 0.05) is 18.2 Å². The van der Waals surface area contributed by atoms with Gasteiger partial charge in [0.05, 0.1) is 12.2 Å². The van der Waals surface area contributed by atoms with Gasteiger partial charge in [-0.2, -0.15) is 5.10 Å². The molecule has 2 heterocycles. The van der Waals surface area contributed by atoms with E-state index in [0.29, 0.717) is 12.8 Å². The maximum absolute atomic E-state index is 11.9. The quantitative estimate of drug-likeness (QED) is 0.703. The van der Waals surface area contributed by atoms with Gasteiger partial charge in [0.2, 0.25) is 11.8 Å². The fourth-order valence-corrected chi connectivity index (χ4v) is 1.90. The summed E-state index contributed by atoms with van der Waals surface area (Å²) >= 11 is 0. The molecule has 6 nitrogen and oxygen atoms in total. The van der Waals surface area contributed by atoms with Crippen LogP contribution in [-0.2, 0) is 9.59 Å². The fraction of sp³-hybridized carbons (Fsp3) is 0.545. The van der Waals surface area contributed by atoms with E-state index >= 15 is 0 Å². The van der Waals surface area contributed by atoms with Gasteiger partial charge in [0.25, 0.3) is 0 Å². The van der Waals surface area contributed by atoms with E-state index < -0.39 is 6.04 Å². The molecule has 17 heavy (non-hydrogen) atoms. The summed E-state index contributed by atoms with van der Waals surface area (Å²) in [6.45, 7) is 1.88. The van der Waals surface area contributed by atoms with Crippen LogP contribution < -0.4 is 10.6 Å². The number of nitrogens with zero attached hydrogens (tertiary/aromatic N) is 1. The Balaban J connectivity index is 1.90. The van der Waals surface area contributed by atoms with Crippen molar-refractivity contribution in [1.82, 2.24) is 20.8 Å². The zero-order valence-electron chi connectivity index (χ0n) is 9.69. The third-order valence-electron chi connectivity index (χ3n) is 2.93. The van der Waals surface area contributed by atoms with Crippen molar-refractivity contribution in [3.05, 3.63) is 18.0 Å². The van der Waals surface area contributed by atoms with E-state index in [2.05, 4.69) is 20.8 Å². The Hall–Kier alpha value is -1.85. The molecule has 0 radical (unpaired) electrons. The van der Waals surface area contributed by atoms with Crippen molar-refractivity contribution in [2.75, 3.05) is 0 Å².